The molecule has 0 amide bonds. The number of carbonyl (C=O) groups is 2. The molecular weight excluding hydrogens is 424 g/mol. The van der Waals surface area contributed by atoms with E-state index in [2.05, 4.69) is 32.9 Å². The molecular formula is C26H38O7. The Morgan fingerprint density at radius 3 is 2.42 bits per heavy atom. The van der Waals surface area contributed by atoms with Gasteiger partial charge in [0.05, 0.1) is 14.2 Å². The lowest BCUT2D eigenvalue weighted by Gasteiger charge is -2.57. The van der Waals surface area contributed by atoms with Crippen molar-refractivity contribution in [3.63, 3.8) is 0 Å². The zero-order valence-electron chi connectivity index (χ0n) is 20.5. The third kappa shape index (κ3) is 3.86. The lowest BCUT2D eigenvalue weighted by molar-refractivity contribution is -0.0833. The molecule has 0 spiro atoms. The van der Waals surface area contributed by atoms with E-state index in [-0.39, 0.29) is 23.4 Å². The van der Waals surface area contributed by atoms with E-state index in [4.69, 9.17) is 18.9 Å². The van der Waals surface area contributed by atoms with Crippen molar-refractivity contribution in [2.75, 3.05) is 20.8 Å². The van der Waals surface area contributed by atoms with Gasteiger partial charge < -0.3 is 24.1 Å². The number of aliphatic hydroxyl groups is 1. The number of hydrogen-bond donors (Lipinski definition) is 1. The van der Waals surface area contributed by atoms with Gasteiger partial charge in [0.25, 0.3) is 0 Å². The Morgan fingerprint density at radius 1 is 1.06 bits per heavy atom. The van der Waals surface area contributed by atoms with Gasteiger partial charge in [0.1, 0.15) is 12.2 Å². The minimum absolute atomic E-state index is 0.177. The fourth-order valence-electron chi connectivity index (χ4n) is 7.72. The van der Waals surface area contributed by atoms with Crippen molar-refractivity contribution in [3.8, 4) is 0 Å². The molecule has 0 aromatic carbocycles. The Hall–Kier alpha value is -2.02. The molecule has 0 radical (unpaired) electrons. The summed E-state index contributed by atoms with van der Waals surface area (Å²) in [6.45, 7) is 7.00. The second kappa shape index (κ2) is 8.97. The first kappa shape index (κ1) is 24.1. The van der Waals surface area contributed by atoms with Gasteiger partial charge in [0.15, 0.2) is 0 Å². The third-order valence-electron chi connectivity index (χ3n) is 9.48. The van der Waals surface area contributed by atoms with Crippen LogP contribution in [0.1, 0.15) is 59.3 Å². The van der Waals surface area contributed by atoms with Gasteiger partial charge in [-0.2, -0.15) is 0 Å². The van der Waals surface area contributed by atoms with Crippen molar-refractivity contribution in [2.24, 2.45) is 34.5 Å². The summed E-state index contributed by atoms with van der Waals surface area (Å²) in [6.07, 6.45) is 7.49. The summed E-state index contributed by atoms with van der Waals surface area (Å²) in [5, 5.41) is 9.85. The molecule has 8 atom stereocenters. The molecule has 0 aliphatic heterocycles. The van der Waals surface area contributed by atoms with Crippen molar-refractivity contribution in [3.05, 3.63) is 23.3 Å². The number of aliphatic hydroxyl groups excluding tert-OH is 1. The number of fused-ring (bicyclic) bond motifs is 5. The van der Waals surface area contributed by atoms with Gasteiger partial charge in [-0.1, -0.05) is 44.1 Å². The highest BCUT2D eigenvalue weighted by molar-refractivity contribution is 5.61. The maximum atomic E-state index is 12.2. The summed E-state index contributed by atoms with van der Waals surface area (Å²) in [7, 11) is 2.60. The Kier molecular flexibility index (Phi) is 6.56. The average molecular weight is 463 g/mol. The summed E-state index contributed by atoms with van der Waals surface area (Å²) in [5.41, 5.74) is 2.40. The van der Waals surface area contributed by atoms with Crippen LogP contribution in [0.4, 0.5) is 9.59 Å². The molecule has 0 unspecified atom stereocenters. The van der Waals surface area contributed by atoms with Crippen LogP contribution in [-0.2, 0) is 18.9 Å². The van der Waals surface area contributed by atoms with Gasteiger partial charge in [-0.25, -0.2) is 9.59 Å². The van der Waals surface area contributed by atoms with Crippen molar-refractivity contribution >= 4 is 12.3 Å². The molecule has 0 aromatic heterocycles. The quantitative estimate of drug-likeness (QED) is 0.586. The topological polar surface area (TPSA) is 91.3 Å². The van der Waals surface area contributed by atoms with Crippen LogP contribution in [0.15, 0.2) is 23.3 Å². The molecule has 4 aliphatic rings. The molecule has 184 valence electrons. The van der Waals surface area contributed by atoms with Crippen molar-refractivity contribution in [1.29, 1.82) is 0 Å². The Morgan fingerprint density at radius 2 is 1.76 bits per heavy atom. The van der Waals surface area contributed by atoms with Crippen LogP contribution in [0.25, 0.3) is 0 Å². The summed E-state index contributed by atoms with van der Waals surface area (Å²) in [4.78, 5) is 24.0. The Balaban J connectivity index is 1.68. The van der Waals surface area contributed by atoms with E-state index >= 15 is 0 Å². The second-order valence-electron chi connectivity index (χ2n) is 10.8. The molecule has 1 N–H and O–H groups in total. The minimum Gasteiger partial charge on any atom is -0.438 e. The van der Waals surface area contributed by atoms with Gasteiger partial charge >= 0.3 is 12.3 Å². The molecule has 0 saturated heterocycles. The van der Waals surface area contributed by atoms with Crippen molar-refractivity contribution in [1.82, 2.24) is 0 Å². The number of ether oxygens (including phenoxy) is 4. The van der Waals surface area contributed by atoms with Crippen LogP contribution in [0.5, 0.6) is 0 Å². The highest BCUT2D eigenvalue weighted by Gasteiger charge is 2.60. The van der Waals surface area contributed by atoms with Gasteiger partial charge in [-0.05, 0) is 54.8 Å². The number of hydrogen-bond acceptors (Lipinski definition) is 7. The Labute approximate surface area is 196 Å². The molecule has 3 saturated carbocycles. The third-order valence-corrected chi connectivity index (χ3v) is 9.48. The average Bonchev–Trinajstić information content (AvgIpc) is 3.16. The van der Waals surface area contributed by atoms with E-state index in [0.717, 1.165) is 31.3 Å². The zero-order chi connectivity index (χ0) is 24.0. The van der Waals surface area contributed by atoms with Gasteiger partial charge in [-0.3, -0.25) is 0 Å². The van der Waals surface area contributed by atoms with Crippen LogP contribution < -0.4 is 0 Å². The number of methoxy groups -OCH3 is 2. The molecule has 4 aliphatic carbocycles. The normalized spacial score (nSPS) is 40.2. The van der Waals surface area contributed by atoms with Crippen LogP contribution in [0.3, 0.4) is 0 Å². The van der Waals surface area contributed by atoms with Crippen molar-refractivity contribution < 1.29 is 33.6 Å². The second-order valence-corrected chi connectivity index (χ2v) is 10.8. The van der Waals surface area contributed by atoms with E-state index in [0.29, 0.717) is 30.6 Å². The van der Waals surface area contributed by atoms with E-state index in [9.17, 15) is 14.7 Å². The van der Waals surface area contributed by atoms with Crippen LogP contribution in [0.2, 0.25) is 0 Å². The standard InChI is InChI=1S/C26H38O7/c1-15(14-27)19-8-9-20-18-7-6-16-12-17(32-23(28)30-4)13-22(33-24(29)31-5)26(16,3)21(18)10-11-25(19,20)2/h6-7,15,17,19-22,27H,8-14H2,1-5H3/t15-,17+,19+,20-,21-,22-,25+,26-/m0/s1. The first-order chi connectivity index (χ1) is 15.7. The van der Waals surface area contributed by atoms with Crippen LogP contribution in [-0.4, -0.2) is 50.5 Å². The van der Waals surface area contributed by atoms with E-state index in [1.165, 1.54) is 19.8 Å². The van der Waals surface area contributed by atoms with Crippen molar-refractivity contribution in [2.45, 2.75) is 71.5 Å². The highest BCUT2D eigenvalue weighted by atomic mass is 16.7. The number of carbonyl (C=O) groups excluding carboxylic acids is 2. The monoisotopic (exact) mass is 462 g/mol. The maximum absolute atomic E-state index is 12.2. The first-order valence-electron chi connectivity index (χ1n) is 12.2. The van der Waals surface area contributed by atoms with Gasteiger partial charge in [0, 0.05) is 24.9 Å². The molecule has 0 heterocycles. The first-order valence-corrected chi connectivity index (χ1v) is 12.2. The summed E-state index contributed by atoms with van der Waals surface area (Å²) >= 11 is 0. The number of rotatable bonds is 4. The van der Waals surface area contributed by atoms with Gasteiger partial charge in [0.2, 0.25) is 0 Å². The Bertz CT molecular complexity index is 848. The molecule has 3 fully saturated rings. The molecule has 0 aromatic rings. The maximum Gasteiger partial charge on any atom is 0.508 e. The molecule has 33 heavy (non-hydrogen) atoms. The predicted molar refractivity (Wildman–Crippen MR) is 121 cm³/mol. The summed E-state index contributed by atoms with van der Waals surface area (Å²) in [5.74, 6) is 1.53. The summed E-state index contributed by atoms with van der Waals surface area (Å²) < 4.78 is 20.8. The van der Waals surface area contributed by atoms with Crippen LogP contribution in [0, 0.1) is 34.5 Å². The largest absolute Gasteiger partial charge is 0.508 e. The van der Waals surface area contributed by atoms with E-state index in [1.807, 2.05) is 0 Å². The lowest BCUT2D eigenvalue weighted by Crippen LogP contribution is -2.54. The summed E-state index contributed by atoms with van der Waals surface area (Å²) in [6, 6.07) is 0. The lowest BCUT2D eigenvalue weighted by atomic mass is 9.49. The highest BCUT2D eigenvalue weighted by Crippen LogP contribution is 2.66. The predicted octanol–water partition coefficient (Wildman–Crippen LogP) is 5.03. The molecule has 7 nitrogen and oxygen atoms in total. The van der Waals surface area contributed by atoms with E-state index in [1.54, 1.807) is 0 Å². The fourth-order valence-corrected chi connectivity index (χ4v) is 7.72. The smallest absolute Gasteiger partial charge is 0.438 e. The van der Waals surface area contributed by atoms with E-state index < -0.39 is 24.5 Å². The SMILES string of the molecule is COC(=O)O[C@@H]1CC2=CC=C3[C@@H]4CC[C@H]([C@@H](C)CO)[C@@]4(C)CC[C@@H]3[C@@]2(C)[C@@H](OC(=O)OC)C1. The fraction of sp³-hybridized carbons (Fsp3) is 0.769. The minimum atomic E-state index is -0.725. The molecule has 0 bridgehead atoms. The molecule has 7 heteroatoms. The van der Waals surface area contributed by atoms with Crippen LogP contribution >= 0.6 is 0 Å². The molecule has 4 rings (SSSR count). The number of allylic oxidation sites excluding steroid dienone is 3. The van der Waals surface area contributed by atoms with Gasteiger partial charge in [-0.15, -0.1) is 0 Å². The zero-order valence-corrected chi connectivity index (χ0v) is 20.5.